The van der Waals surface area contributed by atoms with Crippen molar-refractivity contribution in [1.82, 2.24) is 0 Å². The van der Waals surface area contributed by atoms with Crippen LogP contribution in [0.4, 0.5) is 0 Å². The number of aliphatic imine (C=N–C) groups is 1. The van der Waals surface area contributed by atoms with Crippen molar-refractivity contribution in [3.8, 4) is 0 Å². The molecular formula is C32H47NO4. The monoisotopic (exact) mass is 509 g/mol. The number of allylic oxidation sites excluding steroid dienone is 1. The molecule has 5 aliphatic carbocycles. The van der Waals surface area contributed by atoms with Gasteiger partial charge >= 0.3 is 5.97 Å². The maximum absolute atomic E-state index is 13.3. The zero-order chi connectivity index (χ0) is 27.2. The van der Waals surface area contributed by atoms with E-state index in [1.165, 1.54) is 12.5 Å². The maximum atomic E-state index is 13.3. The Bertz CT molecular complexity index is 1100. The first-order chi connectivity index (χ1) is 17.2. The Morgan fingerprint density at radius 1 is 0.946 bits per heavy atom. The molecule has 0 bridgehead atoms. The van der Waals surface area contributed by atoms with Gasteiger partial charge in [0, 0.05) is 18.8 Å². The van der Waals surface area contributed by atoms with Crippen LogP contribution in [0.1, 0.15) is 113 Å². The molecule has 5 nitrogen and oxygen atoms in total. The molecule has 5 rings (SSSR count). The molecule has 0 aliphatic heterocycles. The standard InChI is InChI=1S/C32H47NO4/c1-19(2)26-22(36)17-32(33-18-34)16-15-30(7)21(27(26)32)9-10-24-29(6)13-12-25(37-20(3)35)28(4,5)23(29)11-14-31(24,30)8/h19,21,23-25H,9-17H2,1-8H3/t21-,23+,24-,25+,29+,30-,31-,32-/m1/s1. The summed E-state index contributed by atoms with van der Waals surface area (Å²) in [6.07, 6.45) is 10.5. The van der Waals surface area contributed by atoms with E-state index in [1.54, 1.807) is 0 Å². The molecule has 0 aromatic carbocycles. The van der Waals surface area contributed by atoms with Crippen LogP contribution in [-0.4, -0.2) is 29.5 Å². The summed E-state index contributed by atoms with van der Waals surface area (Å²) in [7, 11) is 0. The lowest BCUT2D eigenvalue weighted by Crippen LogP contribution is -2.66. The number of rotatable bonds is 3. The molecular weight excluding hydrogens is 462 g/mol. The van der Waals surface area contributed by atoms with Gasteiger partial charge in [0.15, 0.2) is 5.78 Å². The zero-order valence-corrected chi connectivity index (χ0v) is 24.3. The van der Waals surface area contributed by atoms with E-state index >= 15 is 0 Å². The zero-order valence-electron chi connectivity index (χ0n) is 24.3. The van der Waals surface area contributed by atoms with Gasteiger partial charge in [-0.05, 0) is 102 Å². The van der Waals surface area contributed by atoms with E-state index in [0.717, 1.165) is 56.9 Å². The summed E-state index contributed by atoms with van der Waals surface area (Å²) in [5.74, 6) is 1.55. The van der Waals surface area contributed by atoms with Crippen LogP contribution in [0.15, 0.2) is 16.1 Å². The first kappa shape index (κ1) is 26.9. The normalized spacial score (nSPS) is 46.4. The molecule has 0 saturated heterocycles. The van der Waals surface area contributed by atoms with Crippen molar-refractivity contribution in [3.05, 3.63) is 11.1 Å². The fourth-order valence-electron chi connectivity index (χ4n) is 11.2. The summed E-state index contributed by atoms with van der Waals surface area (Å²) in [5, 5.41) is 0. The van der Waals surface area contributed by atoms with Crippen molar-refractivity contribution < 1.29 is 19.1 Å². The van der Waals surface area contributed by atoms with Gasteiger partial charge in [-0.2, -0.15) is 4.99 Å². The predicted molar refractivity (Wildman–Crippen MR) is 143 cm³/mol. The summed E-state index contributed by atoms with van der Waals surface area (Å²) >= 11 is 0. The Morgan fingerprint density at radius 2 is 1.65 bits per heavy atom. The number of fused-ring (bicyclic) bond motifs is 7. The number of esters is 1. The Labute approximate surface area is 223 Å². The van der Waals surface area contributed by atoms with Gasteiger partial charge in [-0.25, -0.2) is 4.79 Å². The second-order valence-corrected chi connectivity index (χ2v) is 14.9. The quantitative estimate of drug-likeness (QED) is 0.233. The van der Waals surface area contributed by atoms with E-state index in [2.05, 4.69) is 53.5 Å². The third kappa shape index (κ3) is 3.41. The highest BCUT2D eigenvalue weighted by molar-refractivity contribution is 6.01. The highest BCUT2D eigenvalue weighted by Gasteiger charge is 2.70. The Kier molecular flexibility index (Phi) is 6.08. The highest BCUT2D eigenvalue weighted by atomic mass is 16.5. The molecule has 5 heteroatoms. The largest absolute Gasteiger partial charge is 0.462 e. The lowest BCUT2D eigenvalue weighted by Gasteiger charge is -2.71. The van der Waals surface area contributed by atoms with E-state index in [-0.39, 0.29) is 51.4 Å². The minimum Gasteiger partial charge on any atom is -0.462 e. The highest BCUT2D eigenvalue weighted by Crippen LogP contribution is 2.76. The van der Waals surface area contributed by atoms with Crippen LogP contribution in [-0.2, 0) is 19.1 Å². The van der Waals surface area contributed by atoms with Crippen LogP contribution < -0.4 is 0 Å². The SMILES string of the molecule is CC(=O)O[C@H]1CC[C@]2(C)[C@H]3CC[C@@H]4C5=C(C(C)C)C(=O)C[C@]5(N=C=O)CC[C@@]4(C)[C@]3(C)CC[C@H]2C1(C)C. The van der Waals surface area contributed by atoms with Crippen LogP contribution in [0.2, 0.25) is 0 Å². The van der Waals surface area contributed by atoms with Crippen LogP contribution in [0.3, 0.4) is 0 Å². The number of ketones is 1. The fourth-order valence-corrected chi connectivity index (χ4v) is 11.2. The number of isocyanates is 1. The van der Waals surface area contributed by atoms with E-state index < -0.39 is 5.54 Å². The van der Waals surface area contributed by atoms with Gasteiger partial charge in [0.25, 0.3) is 0 Å². The van der Waals surface area contributed by atoms with E-state index in [4.69, 9.17) is 4.74 Å². The molecule has 8 atom stereocenters. The molecule has 0 unspecified atom stereocenters. The predicted octanol–water partition coefficient (Wildman–Crippen LogP) is 6.99. The third-order valence-corrected chi connectivity index (χ3v) is 12.9. The molecule has 0 spiro atoms. The molecule has 4 saturated carbocycles. The molecule has 0 N–H and O–H groups in total. The van der Waals surface area contributed by atoms with Crippen molar-refractivity contribution in [2.24, 2.45) is 50.3 Å². The first-order valence-electron chi connectivity index (χ1n) is 14.7. The number of Topliss-reactive ketones (excluding diaryl/α,β-unsaturated/α-hetero) is 1. The molecule has 0 amide bonds. The number of hydrogen-bond acceptors (Lipinski definition) is 5. The van der Waals surface area contributed by atoms with Gasteiger partial charge in [0.2, 0.25) is 6.08 Å². The van der Waals surface area contributed by atoms with Crippen molar-refractivity contribution in [2.75, 3.05) is 0 Å². The van der Waals surface area contributed by atoms with Crippen LogP contribution in [0.25, 0.3) is 0 Å². The summed E-state index contributed by atoms with van der Waals surface area (Å²) in [4.78, 5) is 41.3. The molecule has 204 valence electrons. The van der Waals surface area contributed by atoms with E-state index in [9.17, 15) is 14.4 Å². The lowest BCUT2D eigenvalue weighted by atomic mass is 9.33. The van der Waals surface area contributed by atoms with Gasteiger partial charge in [-0.3, -0.25) is 9.59 Å². The molecule has 0 heterocycles. The van der Waals surface area contributed by atoms with Gasteiger partial charge < -0.3 is 4.74 Å². The smallest absolute Gasteiger partial charge is 0.302 e. The minimum atomic E-state index is -0.656. The first-order valence-corrected chi connectivity index (χ1v) is 14.7. The fraction of sp³-hybridized carbons (Fsp3) is 0.844. The average Bonchev–Trinajstić information content (AvgIpc) is 3.08. The van der Waals surface area contributed by atoms with Gasteiger partial charge in [-0.1, -0.05) is 48.5 Å². The number of carbonyl (C=O) groups is 2. The summed E-state index contributed by atoms with van der Waals surface area (Å²) in [6.45, 7) is 18.0. The molecule has 5 aliphatic rings. The average molecular weight is 510 g/mol. The van der Waals surface area contributed by atoms with Crippen molar-refractivity contribution in [2.45, 2.75) is 125 Å². The molecule has 4 fully saturated rings. The number of hydrogen-bond donors (Lipinski definition) is 0. The molecule has 0 radical (unpaired) electrons. The molecule has 0 aromatic rings. The van der Waals surface area contributed by atoms with Crippen LogP contribution in [0.5, 0.6) is 0 Å². The minimum absolute atomic E-state index is 0.0147. The van der Waals surface area contributed by atoms with Gasteiger partial charge in [-0.15, -0.1) is 0 Å². The second-order valence-electron chi connectivity index (χ2n) is 14.9. The van der Waals surface area contributed by atoms with E-state index in [0.29, 0.717) is 18.3 Å². The second kappa shape index (κ2) is 8.38. The summed E-state index contributed by atoms with van der Waals surface area (Å²) < 4.78 is 5.87. The summed E-state index contributed by atoms with van der Waals surface area (Å²) in [5.41, 5.74) is 1.85. The Morgan fingerprint density at radius 3 is 2.27 bits per heavy atom. The molecule has 37 heavy (non-hydrogen) atoms. The van der Waals surface area contributed by atoms with Crippen molar-refractivity contribution in [3.63, 3.8) is 0 Å². The number of nitrogens with zero attached hydrogens (tertiary/aromatic N) is 1. The maximum Gasteiger partial charge on any atom is 0.302 e. The van der Waals surface area contributed by atoms with Gasteiger partial charge in [0.05, 0.1) is 0 Å². The van der Waals surface area contributed by atoms with Crippen molar-refractivity contribution in [1.29, 1.82) is 0 Å². The van der Waals surface area contributed by atoms with Crippen LogP contribution in [0, 0.1) is 45.3 Å². The number of ether oxygens (including phenoxy) is 1. The topological polar surface area (TPSA) is 72.8 Å². The number of carbonyl (C=O) groups excluding carboxylic acids is 3. The lowest BCUT2D eigenvalue weighted by molar-refractivity contribution is -0.231. The Balaban J connectivity index is 1.57. The third-order valence-electron chi connectivity index (χ3n) is 12.9. The Hall–Kier alpha value is -1.74. The van der Waals surface area contributed by atoms with E-state index in [1.807, 2.05) is 6.08 Å². The summed E-state index contributed by atoms with van der Waals surface area (Å²) in [6, 6.07) is 0. The molecule has 0 aromatic heterocycles. The van der Waals surface area contributed by atoms with Crippen molar-refractivity contribution >= 4 is 17.8 Å². The van der Waals surface area contributed by atoms with Gasteiger partial charge in [0.1, 0.15) is 11.6 Å². The van der Waals surface area contributed by atoms with Crippen LogP contribution >= 0.6 is 0 Å².